The average molecular weight is 420 g/mol. The Hall–Kier alpha value is -0.940. The molecule has 2 aromatic carbocycles. The van der Waals surface area contributed by atoms with Crippen LogP contribution in [0.4, 0.5) is 8.78 Å². The maximum absolute atomic E-state index is 12.3. The molecule has 112 valence electrons. The lowest BCUT2D eigenvalue weighted by Crippen LogP contribution is -2.03. The van der Waals surface area contributed by atoms with Crippen LogP contribution in [0.2, 0.25) is 0 Å². The van der Waals surface area contributed by atoms with Crippen LogP contribution in [0.15, 0.2) is 40.9 Å². The third-order valence-electron chi connectivity index (χ3n) is 3.20. The molecule has 21 heavy (non-hydrogen) atoms. The van der Waals surface area contributed by atoms with E-state index in [1.165, 1.54) is 6.07 Å². The monoisotopic (exact) mass is 418 g/mol. The summed E-state index contributed by atoms with van der Waals surface area (Å²) in [6.07, 6.45) is 0. The van der Waals surface area contributed by atoms with Gasteiger partial charge in [0.25, 0.3) is 0 Å². The zero-order valence-corrected chi connectivity index (χ0v) is 14.7. The zero-order valence-electron chi connectivity index (χ0n) is 11.5. The number of halogens is 4. The zero-order chi connectivity index (χ0) is 15.6. The molecule has 0 aliphatic rings. The van der Waals surface area contributed by atoms with Gasteiger partial charge in [0, 0.05) is 4.47 Å². The van der Waals surface area contributed by atoms with Crippen LogP contribution in [0.25, 0.3) is 0 Å². The van der Waals surface area contributed by atoms with Crippen LogP contribution in [0, 0.1) is 13.8 Å². The second-order valence-corrected chi connectivity index (χ2v) is 6.54. The summed E-state index contributed by atoms with van der Waals surface area (Å²) < 4.78 is 30.1. The molecule has 0 fully saturated rings. The third-order valence-corrected chi connectivity index (χ3v) is 5.07. The Morgan fingerprint density at radius 1 is 1.05 bits per heavy atom. The molecule has 0 spiro atoms. The molecule has 0 aliphatic carbocycles. The Morgan fingerprint density at radius 3 is 2.43 bits per heavy atom. The summed E-state index contributed by atoms with van der Waals surface area (Å²) in [4.78, 5) is -0.0782. The van der Waals surface area contributed by atoms with Crippen LogP contribution >= 0.6 is 31.9 Å². The highest BCUT2D eigenvalue weighted by molar-refractivity contribution is 9.10. The van der Waals surface area contributed by atoms with E-state index in [0.29, 0.717) is 0 Å². The van der Waals surface area contributed by atoms with Crippen molar-refractivity contribution in [3.63, 3.8) is 0 Å². The summed E-state index contributed by atoms with van der Waals surface area (Å²) in [6.45, 7) is 1.22. The molecule has 2 aromatic rings. The van der Waals surface area contributed by atoms with Crippen molar-refractivity contribution in [1.82, 2.24) is 0 Å². The molecular weight excluding hydrogens is 406 g/mol. The predicted molar refractivity (Wildman–Crippen MR) is 87.5 cm³/mol. The molecule has 1 nitrogen and oxygen atoms in total. The Bertz CT molecular complexity index is 644. The van der Waals surface area contributed by atoms with Gasteiger partial charge in [-0.25, -0.2) is 0 Å². The topological polar surface area (TPSA) is 9.23 Å². The van der Waals surface area contributed by atoms with Crippen molar-refractivity contribution in [2.45, 2.75) is 25.3 Å². The molecule has 0 amide bonds. The first kappa shape index (κ1) is 16.4. The van der Waals surface area contributed by atoms with Gasteiger partial charge in [0.1, 0.15) is 5.75 Å². The number of rotatable bonds is 4. The SMILES string of the molecule is Cc1cc(C(Br)c2cccc(OC(F)F)c2)c(C)cc1Br. The van der Waals surface area contributed by atoms with E-state index >= 15 is 0 Å². The first-order chi connectivity index (χ1) is 9.88. The Kier molecular flexibility index (Phi) is 5.38. The van der Waals surface area contributed by atoms with Gasteiger partial charge < -0.3 is 4.74 Å². The fraction of sp³-hybridized carbons (Fsp3) is 0.250. The van der Waals surface area contributed by atoms with Crippen molar-refractivity contribution in [3.8, 4) is 5.75 Å². The standard InChI is InChI=1S/C16H14Br2F2O/c1-9-7-14(17)10(2)6-13(9)15(18)11-4-3-5-12(8-11)21-16(19)20/h3-8,15-16H,1-2H3. The van der Waals surface area contributed by atoms with Crippen LogP contribution in [-0.2, 0) is 0 Å². The summed E-state index contributed by atoms with van der Waals surface area (Å²) in [6, 6.07) is 10.9. The number of ether oxygens (including phenoxy) is 1. The highest BCUT2D eigenvalue weighted by Crippen LogP contribution is 2.36. The van der Waals surface area contributed by atoms with Crippen LogP contribution in [-0.4, -0.2) is 6.61 Å². The molecule has 2 rings (SSSR count). The summed E-state index contributed by atoms with van der Waals surface area (Å²) in [5.41, 5.74) is 4.22. The third kappa shape index (κ3) is 4.04. The quantitative estimate of drug-likeness (QED) is 0.540. The molecule has 0 bridgehead atoms. The number of benzene rings is 2. The van der Waals surface area contributed by atoms with Crippen LogP contribution < -0.4 is 4.74 Å². The van der Waals surface area contributed by atoms with E-state index in [9.17, 15) is 8.78 Å². The average Bonchev–Trinajstić information content (AvgIpc) is 2.41. The first-order valence-corrected chi connectivity index (χ1v) is 8.05. The van der Waals surface area contributed by atoms with E-state index in [2.05, 4.69) is 48.7 Å². The lowest BCUT2D eigenvalue weighted by Gasteiger charge is -2.16. The van der Waals surface area contributed by atoms with E-state index in [4.69, 9.17) is 0 Å². The van der Waals surface area contributed by atoms with E-state index < -0.39 is 6.61 Å². The Morgan fingerprint density at radius 2 is 1.76 bits per heavy atom. The number of hydrogen-bond acceptors (Lipinski definition) is 1. The maximum Gasteiger partial charge on any atom is 0.387 e. The van der Waals surface area contributed by atoms with Crippen LogP contribution in [0.3, 0.4) is 0 Å². The largest absolute Gasteiger partial charge is 0.435 e. The summed E-state index contributed by atoms with van der Waals surface area (Å²) >= 11 is 7.15. The molecule has 1 unspecified atom stereocenters. The summed E-state index contributed by atoms with van der Waals surface area (Å²) in [7, 11) is 0. The molecule has 1 atom stereocenters. The van der Waals surface area contributed by atoms with Gasteiger partial charge in [-0.05, 0) is 54.3 Å². The van der Waals surface area contributed by atoms with Gasteiger partial charge in [0.15, 0.2) is 0 Å². The minimum atomic E-state index is -2.81. The highest BCUT2D eigenvalue weighted by atomic mass is 79.9. The van der Waals surface area contributed by atoms with Crippen molar-refractivity contribution in [1.29, 1.82) is 0 Å². The van der Waals surface area contributed by atoms with Gasteiger partial charge in [0.2, 0.25) is 0 Å². The molecule has 0 radical (unpaired) electrons. The second kappa shape index (κ2) is 6.88. The van der Waals surface area contributed by atoms with Gasteiger partial charge in [-0.1, -0.05) is 50.1 Å². The maximum atomic E-state index is 12.3. The minimum Gasteiger partial charge on any atom is -0.435 e. The van der Waals surface area contributed by atoms with Crippen LogP contribution in [0.1, 0.15) is 27.1 Å². The van der Waals surface area contributed by atoms with Gasteiger partial charge in [-0.3, -0.25) is 0 Å². The van der Waals surface area contributed by atoms with E-state index in [0.717, 1.165) is 26.7 Å². The molecular formula is C16H14Br2F2O. The molecule has 0 heterocycles. The molecule has 0 N–H and O–H groups in total. The number of aryl methyl sites for hydroxylation is 2. The van der Waals surface area contributed by atoms with Crippen molar-refractivity contribution < 1.29 is 13.5 Å². The van der Waals surface area contributed by atoms with Gasteiger partial charge in [-0.2, -0.15) is 8.78 Å². The molecule has 0 saturated heterocycles. The van der Waals surface area contributed by atoms with Crippen molar-refractivity contribution in [3.05, 3.63) is 63.1 Å². The number of alkyl halides is 3. The summed E-state index contributed by atoms with van der Waals surface area (Å²) in [5, 5.41) is 0. The lowest BCUT2D eigenvalue weighted by atomic mass is 9.98. The van der Waals surface area contributed by atoms with Crippen LogP contribution in [0.5, 0.6) is 5.75 Å². The molecule has 0 saturated carbocycles. The van der Waals surface area contributed by atoms with Crippen molar-refractivity contribution in [2.75, 3.05) is 0 Å². The molecule has 0 aromatic heterocycles. The normalized spacial score (nSPS) is 12.5. The summed E-state index contributed by atoms with van der Waals surface area (Å²) in [5.74, 6) is 0.165. The number of hydrogen-bond donors (Lipinski definition) is 0. The highest BCUT2D eigenvalue weighted by Gasteiger charge is 2.15. The predicted octanol–water partition coefficient (Wildman–Crippen LogP) is 6.15. The van der Waals surface area contributed by atoms with Gasteiger partial charge in [0.05, 0.1) is 4.83 Å². The Labute approximate surface area is 139 Å². The van der Waals surface area contributed by atoms with Crippen molar-refractivity contribution in [2.24, 2.45) is 0 Å². The first-order valence-electron chi connectivity index (χ1n) is 6.34. The van der Waals surface area contributed by atoms with Gasteiger partial charge >= 0.3 is 6.61 Å². The van der Waals surface area contributed by atoms with E-state index in [1.54, 1.807) is 12.1 Å². The minimum absolute atomic E-state index is 0.0782. The molecule has 5 heteroatoms. The Balaban J connectivity index is 2.36. The lowest BCUT2D eigenvalue weighted by molar-refractivity contribution is -0.0498. The van der Waals surface area contributed by atoms with E-state index in [-0.39, 0.29) is 10.6 Å². The van der Waals surface area contributed by atoms with Crippen molar-refractivity contribution >= 4 is 31.9 Å². The fourth-order valence-electron chi connectivity index (χ4n) is 2.10. The smallest absolute Gasteiger partial charge is 0.387 e. The fourth-order valence-corrected chi connectivity index (χ4v) is 3.34. The second-order valence-electron chi connectivity index (χ2n) is 4.77. The van der Waals surface area contributed by atoms with Gasteiger partial charge in [-0.15, -0.1) is 0 Å². The molecule has 0 aliphatic heterocycles. The van der Waals surface area contributed by atoms with E-state index in [1.807, 2.05) is 19.9 Å².